The largest absolute Gasteiger partial charge is 0.349 e. The van der Waals surface area contributed by atoms with Gasteiger partial charge in [0.1, 0.15) is 5.15 Å². The van der Waals surface area contributed by atoms with Crippen molar-refractivity contribution in [1.82, 2.24) is 10.3 Å². The Kier molecular flexibility index (Phi) is 3.44. The van der Waals surface area contributed by atoms with Crippen molar-refractivity contribution in [3.8, 4) is 0 Å². The molecule has 0 saturated heterocycles. The van der Waals surface area contributed by atoms with Gasteiger partial charge in [-0.05, 0) is 80.8 Å². The lowest BCUT2D eigenvalue weighted by molar-refractivity contribution is -0.0688. The second-order valence-electron chi connectivity index (χ2n) is 7.82. The van der Waals surface area contributed by atoms with Gasteiger partial charge in [0.05, 0.1) is 5.56 Å². The molecule has 0 aromatic carbocycles. The first-order valence-electron chi connectivity index (χ1n) is 8.47. The summed E-state index contributed by atoms with van der Waals surface area (Å²) in [6.45, 7) is 2.19. The molecule has 0 radical (unpaired) electrons. The third-order valence-electron chi connectivity index (χ3n) is 6.36. The molecule has 1 N–H and O–H groups in total. The second-order valence-corrected chi connectivity index (χ2v) is 8.17. The summed E-state index contributed by atoms with van der Waals surface area (Å²) in [6, 6.07) is 3.72. The van der Waals surface area contributed by atoms with Crippen LogP contribution in [0, 0.1) is 23.2 Å². The molecule has 1 heterocycles. The highest BCUT2D eigenvalue weighted by molar-refractivity contribution is 6.32. The molecule has 0 aliphatic heterocycles. The number of amides is 1. The average molecular weight is 319 g/mol. The van der Waals surface area contributed by atoms with Gasteiger partial charge in [-0.3, -0.25) is 4.79 Å². The Bertz CT molecular complexity index is 565. The fraction of sp³-hybridized carbons (Fsp3) is 0.667. The van der Waals surface area contributed by atoms with Crippen molar-refractivity contribution in [2.24, 2.45) is 23.2 Å². The summed E-state index contributed by atoms with van der Waals surface area (Å²) in [4.78, 5) is 16.5. The molecule has 1 aromatic rings. The van der Waals surface area contributed by atoms with Gasteiger partial charge in [-0.15, -0.1) is 0 Å². The second kappa shape index (κ2) is 5.23. The lowest BCUT2D eigenvalue weighted by Gasteiger charge is -2.59. The van der Waals surface area contributed by atoms with Gasteiger partial charge in [0.15, 0.2) is 0 Å². The first-order chi connectivity index (χ1) is 10.6. The number of nitrogens with one attached hydrogen (secondary N) is 1. The zero-order valence-electron chi connectivity index (χ0n) is 13.0. The maximum atomic E-state index is 12.5. The predicted molar refractivity (Wildman–Crippen MR) is 86.8 cm³/mol. The summed E-state index contributed by atoms with van der Waals surface area (Å²) in [6.07, 6.45) is 9.77. The minimum atomic E-state index is -0.0821. The van der Waals surface area contributed by atoms with Gasteiger partial charge >= 0.3 is 0 Å². The smallest absolute Gasteiger partial charge is 0.254 e. The van der Waals surface area contributed by atoms with Gasteiger partial charge in [0.2, 0.25) is 0 Å². The Labute approximate surface area is 136 Å². The number of pyridine rings is 1. The van der Waals surface area contributed by atoms with Crippen molar-refractivity contribution in [2.45, 2.75) is 51.5 Å². The molecule has 4 fully saturated rings. The fourth-order valence-electron chi connectivity index (χ4n) is 5.69. The summed E-state index contributed by atoms with van der Waals surface area (Å²) in [5, 5.41) is 3.52. The molecular formula is C18H23ClN2O. The normalized spacial score (nSPS) is 37.1. The van der Waals surface area contributed by atoms with E-state index in [2.05, 4.69) is 17.2 Å². The highest BCUT2D eigenvalue weighted by Gasteiger charge is 2.53. The molecule has 0 spiro atoms. The molecule has 0 unspecified atom stereocenters. The van der Waals surface area contributed by atoms with E-state index in [0.29, 0.717) is 11.0 Å². The number of carbonyl (C=O) groups excluding carboxylic acids is 1. The zero-order valence-corrected chi connectivity index (χ0v) is 13.8. The molecule has 1 amide bonds. The Balaban J connectivity index is 1.52. The van der Waals surface area contributed by atoms with Crippen LogP contribution in [-0.2, 0) is 0 Å². The minimum Gasteiger partial charge on any atom is -0.349 e. The van der Waals surface area contributed by atoms with Crippen LogP contribution in [0.1, 0.15) is 55.8 Å². The number of carbonyl (C=O) groups is 1. The number of halogens is 1. The maximum absolute atomic E-state index is 12.5. The van der Waals surface area contributed by atoms with Crippen molar-refractivity contribution in [2.75, 3.05) is 0 Å². The maximum Gasteiger partial charge on any atom is 0.254 e. The van der Waals surface area contributed by atoms with E-state index in [0.717, 1.165) is 17.8 Å². The van der Waals surface area contributed by atoms with Gasteiger partial charge in [-0.2, -0.15) is 0 Å². The first-order valence-corrected chi connectivity index (χ1v) is 8.85. The third kappa shape index (κ3) is 2.34. The molecule has 118 valence electrons. The van der Waals surface area contributed by atoms with Crippen molar-refractivity contribution < 1.29 is 4.79 Å². The van der Waals surface area contributed by atoms with E-state index in [-0.39, 0.29) is 17.1 Å². The number of rotatable bonds is 3. The van der Waals surface area contributed by atoms with E-state index in [1.807, 2.05) is 0 Å². The van der Waals surface area contributed by atoms with E-state index in [1.165, 1.54) is 38.5 Å². The molecule has 4 aliphatic rings. The summed E-state index contributed by atoms with van der Waals surface area (Å²) >= 11 is 6.05. The third-order valence-corrected chi connectivity index (χ3v) is 6.66. The molecule has 3 nitrogen and oxygen atoms in total. The van der Waals surface area contributed by atoms with Crippen LogP contribution in [0.2, 0.25) is 5.15 Å². The van der Waals surface area contributed by atoms with Crippen LogP contribution in [0.3, 0.4) is 0 Å². The predicted octanol–water partition coefficient (Wildman–Crippen LogP) is 4.07. The number of aromatic nitrogens is 1. The van der Waals surface area contributed by atoms with E-state index < -0.39 is 0 Å². The van der Waals surface area contributed by atoms with Crippen LogP contribution in [0.4, 0.5) is 0 Å². The molecule has 5 rings (SSSR count). The van der Waals surface area contributed by atoms with Crippen LogP contribution in [-0.4, -0.2) is 16.9 Å². The van der Waals surface area contributed by atoms with Crippen LogP contribution >= 0.6 is 11.6 Å². The van der Waals surface area contributed by atoms with Gasteiger partial charge in [-0.1, -0.05) is 11.6 Å². The molecule has 4 saturated carbocycles. The van der Waals surface area contributed by atoms with Gasteiger partial charge in [-0.25, -0.2) is 4.98 Å². The monoisotopic (exact) mass is 318 g/mol. The summed E-state index contributed by atoms with van der Waals surface area (Å²) in [5.74, 6) is 2.61. The van der Waals surface area contributed by atoms with E-state index in [9.17, 15) is 4.79 Å². The van der Waals surface area contributed by atoms with Crippen LogP contribution in [0.25, 0.3) is 0 Å². The van der Waals surface area contributed by atoms with Crippen molar-refractivity contribution in [1.29, 1.82) is 0 Å². The van der Waals surface area contributed by atoms with Crippen LogP contribution in [0.15, 0.2) is 18.3 Å². The van der Waals surface area contributed by atoms with Crippen molar-refractivity contribution >= 4 is 17.5 Å². The van der Waals surface area contributed by atoms with Gasteiger partial charge in [0.25, 0.3) is 5.91 Å². The highest BCUT2D eigenvalue weighted by Crippen LogP contribution is 2.61. The summed E-state index contributed by atoms with van der Waals surface area (Å²) < 4.78 is 0. The van der Waals surface area contributed by atoms with E-state index in [4.69, 9.17) is 11.6 Å². The van der Waals surface area contributed by atoms with E-state index >= 15 is 0 Å². The Hall–Kier alpha value is -1.09. The average Bonchev–Trinajstić information content (AvgIpc) is 2.46. The minimum absolute atomic E-state index is 0.0821. The van der Waals surface area contributed by atoms with Crippen LogP contribution < -0.4 is 5.32 Å². The lowest BCUT2D eigenvalue weighted by atomic mass is 9.48. The summed E-state index contributed by atoms with van der Waals surface area (Å²) in [5.41, 5.74) is 0.805. The highest BCUT2D eigenvalue weighted by atomic mass is 35.5. The quantitative estimate of drug-likeness (QED) is 0.854. The fourth-order valence-corrected chi connectivity index (χ4v) is 5.90. The Morgan fingerprint density at radius 2 is 1.86 bits per heavy atom. The molecule has 1 aromatic heterocycles. The molecule has 4 aliphatic carbocycles. The molecular weight excluding hydrogens is 296 g/mol. The standard InChI is InChI=1S/C18H23ClN2O/c1-11(21-17(22)15-3-2-4-20-16(15)19)18-8-12-5-13(9-18)7-14(6-12)10-18/h2-4,11-14H,5-10H2,1H3,(H,21,22)/t11-,12?,13?,14?,18?/m0/s1. The van der Waals surface area contributed by atoms with Crippen molar-refractivity contribution in [3.63, 3.8) is 0 Å². The zero-order chi connectivity index (χ0) is 15.3. The Morgan fingerprint density at radius 3 is 2.41 bits per heavy atom. The molecule has 1 atom stereocenters. The van der Waals surface area contributed by atoms with Crippen molar-refractivity contribution in [3.05, 3.63) is 29.0 Å². The SMILES string of the molecule is C[C@H](NC(=O)c1cccnc1Cl)C12CC3CC(CC(C3)C1)C2. The number of hydrogen-bond donors (Lipinski definition) is 1. The number of nitrogens with zero attached hydrogens (tertiary/aromatic N) is 1. The Morgan fingerprint density at radius 1 is 1.27 bits per heavy atom. The van der Waals surface area contributed by atoms with Crippen LogP contribution in [0.5, 0.6) is 0 Å². The lowest BCUT2D eigenvalue weighted by Crippen LogP contribution is -2.55. The number of hydrogen-bond acceptors (Lipinski definition) is 2. The summed E-state index contributed by atoms with van der Waals surface area (Å²) in [7, 11) is 0. The molecule has 4 heteroatoms. The topological polar surface area (TPSA) is 42.0 Å². The molecule has 22 heavy (non-hydrogen) atoms. The van der Waals surface area contributed by atoms with Gasteiger partial charge < -0.3 is 5.32 Å². The van der Waals surface area contributed by atoms with E-state index in [1.54, 1.807) is 18.3 Å². The van der Waals surface area contributed by atoms with Gasteiger partial charge in [0, 0.05) is 12.2 Å². The molecule has 4 bridgehead atoms. The first kappa shape index (κ1) is 14.5.